The number of allylic oxidation sites excluding steroid dienone is 2. The predicted molar refractivity (Wildman–Crippen MR) is 84.5 cm³/mol. The molecule has 0 fully saturated rings. The summed E-state index contributed by atoms with van der Waals surface area (Å²) in [6.45, 7) is 0. The van der Waals surface area contributed by atoms with Crippen LogP contribution in [0.25, 0.3) is 0 Å². The summed E-state index contributed by atoms with van der Waals surface area (Å²) in [6, 6.07) is 22.5. The van der Waals surface area contributed by atoms with E-state index in [1.165, 1.54) is 11.8 Å². The van der Waals surface area contributed by atoms with Gasteiger partial charge in [-0.15, -0.1) is 0 Å². The van der Waals surface area contributed by atoms with E-state index in [1.807, 2.05) is 54.6 Å². The molecule has 104 valence electrons. The molecule has 0 aromatic heterocycles. The lowest BCUT2D eigenvalue weighted by atomic mass is 10.2. The largest absolute Gasteiger partial charge is 0.344 e. The van der Waals surface area contributed by atoms with Gasteiger partial charge in [0.15, 0.2) is 5.57 Å². The van der Waals surface area contributed by atoms with Crippen LogP contribution in [0.1, 0.15) is 0 Å². The fraction of sp³-hybridized carbons (Fsp3) is 0. The summed E-state index contributed by atoms with van der Waals surface area (Å²) in [5.74, 6) is 0. The molecule has 5 heteroatoms. The first-order valence-electron chi connectivity index (χ1n) is 6.32. The molecule has 22 heavy (non-hydrogen) atoms. The van der Waals surface area contributed by atoms with Crippen LogP contribution in [0.15, 0.2) is 75.7 Å². The zero-order chi connectivity index (χ0) is 15.8. The monoisotopic (exact) mass is 302 g/mol. The van der Waals surface area contributed by atoms with Gasteiger partial charge in [-0.3, -0.25) is 0 Å². The SMILES string of the molecule is N#CC(C#N)=C(C#N)Nc1ccccc1Sc1ccccc1. The molecule has 0 amide bonds. The molecule has 0 aliphatic rings. The van der Waals surface area contributed by atoms with Gasteiger partial charge in [0.05, 0.1) is 5.69 Å². The Labute approximate surface area is 132 Å². The van der Waals surface area contributed by atoms with E-state index in [0.717, 1.165) is 9.79 Å². The van der Waals surface area contributed by atoms with Crippen LogP contribution in [0.2, 0.25) is 0 Å². The lowest BCUT2D eigenvalue weighted by molar-refractivity contribution is 1.33. The van der Waals surface area contributed by atoms with E-state index in [1.54, 1.807) is 18.2 Å². The van der Waals surface area contributed by atoms with Gasteiger partial charge < -0.3 is 5.32 Å². The van der Waals surface area contributed by atoms with Gasteiger partial charge in [0, 0.05) is 9.79 Å². The maximum atomic E-state index is 9.12. The highest BCUT2D eigenvalue weighted by molar-refractivity contribution is 7.99. The van der Waals surface area contributed by atoms with Crippen molar-refractivity contribution in [2.75, 3.05) is 5.32 Å². The van der Waals surface area contributed by atoms with Gasteiger partial charge in [-0.05, 0) is 24.3 Å². The van der Waals surface area contributed by atoms with E-state index in [-0.39, 0.29) is 11.3 Å². The molecular formula is C17H10N4S. The third kappa shape index (κ3) is 3.67. The fourth-order valence-corrected chi connectivity index (χ4v) is 2.62. The normalized spacial score (nSPS) is 8.95. The lowest BCUT2D eigenvalue weighted by Gasteiger charge is -2.10. The first-order chi connectivity index (χ1) is 10.8. The van der Waals surface area contributed by atoms with Gasteiger partial charge in [0.25, 0.3) is 0 Å². The van der Waals surface area contributed by atoms with Crippen LogP contribution in [0.3, 0.4) is 0 Å². The second-order valence-corrected chi connectivity index (χ2v) is 5.24. The minimum absolute atomic E-state index is 0.0499. The molecule has 0 saturated heterocycles. The van der Waals surface area contributed by atoms with E-state index in [9.17, 15) is 0 Å². The van der Waals surface area contributed by atoms with Crippen LogP contribution in [-0.4, -0.2) is 0 Å². The molecule has 2 aromatic carbocycles. The Bertz CT molecular complexity index is 804. The number of hydrogen-bond acceptors (Lipinski definition) is 5. The van der Waals surface area contributed by atoms with Gasteiger partial charge in [-0.2, -0.15) is 15.8 Å². The number of nitrogens with zero attached hydrogens (tertiary/aromatic N) is 3. The topological polar surface area (TPSA) is 83.4 Å². The highest BCUT2D eigenvalue weighted by Gasteiger charge is 2.09. The third-order valence-electron chi connectivity index (χ3n) is 2.70. The zero-order valence-corrected chi connectivity index (χ0v) is 12.3. The minimum Gasteiger partial charge on any atom is -0.344 e. The smallest absolute Gasteiger partial charge is 0.163 e. The average Bonchev–Trinajstić information content (AvgIpc) is 2.57. The first kappa shape index (κ1) is 15.2. The molecule has 4 nitrogen and oxygen atoms in total. The molecule has 0 unspecified atom stereocenters. The Kier molecular flexibility index (Phi) is 5.21. The molecule has 0 atom stereocenters. The fourth-order valence-electron chi connectivity index (χ4n) is 1.69. The summed E-state index contributed by atoms with van der Waals surface area (Å²) < 4.78 is 0. The van der Waals surface area contributed by atoms with Crippen molar-refractivity contribution in [3.8, 4) is 18.2 Å². The van der Waals surface area contributed by atoms with Crippen molar-refractivity contribution in [3.05, 3.63) is 65.9 Å². The average molecular weight is 302 g/mol. The molecule has 2 aromatic rings. The molecular weight excluding hydrogens is 292 g/mol. The summed E-state index contributed by atoms with van der Waals surface area (Å²) in [5.41, 5.74) is 0.393. The highest BCUT2D eigenvalue weighted by atomic mass is 32.2. The highest BCUT2D eigenvalue weighted by Crippen LogP contribution is 2.33. The molecule has 0 aliphatic heterocycles. The summed E-state index contributed by atoms with van der Waals surface area (Å²) >= 11 is 1.53. The quantitative estimate of drug-likeness (QED) is 0.860. The summed E-state index contributed by atoms with van der Waals surface area (Å²) in [7, 11) is 0. The van der Waals surface area contributed by atoms with Crippen molar-refractivity contribution in [2.45, 2.75) is 9.79 Å². The molecule has 2 rings (SSSR count). The number of anilines is 1. The zero-order valence-electron chi connectivity index (χ0n) is 11.4. The number of hydrogen-bond donors (Lipinski definition) is 1. The van der Waals surface area contributed by atoms with Crippen LogP contribution in [0.4, 0.5) is 5.69 Å². The minimum atomic E-state index is -0.234. The van der Waals surface area contributed by atoms with E-state index >= 15 is 0 Å². The van der Waals surface area contributed by atoms with E-state index in [0.29, 0.717) is 5.69 Å². The van der Waals surface area contributed by atoms with E-state index in [4.69, 9.17) is 15.8 Å². The van der Waals surface area contributed by atoms with Crippen LogP contribution in [0, 0.1) is 34.0 Å². The van der Waals surface area contributed by atoms with Crippen molar-refractivity contribution in [1.29, 1.82) is 15.8 Å². The van der Waals surface area contributed by atoms with Gasteiger partial charge >= 0.3 is 0 Å². The molecule has 0 radical (unpaired) electrons. The number of nitriles is 3. The van der Waals surface area contributed by atoms with Crippen molar-refractivity contribution in [2.24, 2.45) is 0 Å². The Morgan fingerprint density at radius 2 is 1.45 bits per heavy atom. The van der Waals surface area contributed by atoms with Crippen molar-refractivity contribution in [1.82, 2.24) is 0 Å². The molecule has 0 spiro atoms. The lowest BCUT2D eigenvalue weighted by Crippen LogP contribution is -2.01. The predicted octanol–water partition coefficient (Wildman–Crippen LogP) is 4.07. The van der Waals surface area contributed by atoms with Crippen LogP contribution in [0.5, 0.6) is 0 Å². The standard InChI is InChI=1S/C17H10N4S/c18-10-13(11-19)16(12-20)21-15-8-4-5-9-17(15)22-14-6-2-1-3-7-14/h1-9,21H. The Morgan fingerprint density at radius 3 is 2.09 bits per heavy atom. The van der Waals surface area contributed by atoms with Crippen molar-refractivity contribution >= 4 is 17.4 Å². The van der Waals surface area contributed by atoms with Gasteiger partial charge in [0.1, 0.15) is 23.9 Å². The third-order valence-corrected chi connectivity index (χ3v) is 3.79. The second kappa shape index (κ2) is 7.55. The molecule has 0 saturated carbocycles. The molecule has 1 N–H and O–H groups in total. The van der Waals surface area contributed by atoms with Gasteiger partial charge in [-0.25, -0.2) is 0 Å². The summed E-state index contributed by atoms with van der Waals surface area (Å²) in [5, 5.41) is 29.8. The summed E-state index contributed by atoms with van der Waals surface area (Å²) in [6.07, 6.45) is 0. The molecule has 0 aliphatic carbocycles. The van der Waals surface area contributed by atoms with Crippen molar-refractivity contribution in [3.63, 3.8) is 0 Å². The molecule has 0 bridgehead atoms. The number of para-hydroxylation sites is 1. The van der Waals surface area contributed by atoms with Crippen molar-refractivity contribution < 1.29 is 0 Å². The van der Waals surface area contributed by atoms with E-state index < -0.39 is 0 Å². The number of benzene rings is 2. The molecule has 0 heterocycles. The Morgan fingerprint density at radius 1 is 0.818 bits per heavy atom. The van der Waals surface area contributed by atoms with Gasteiger partial charge in [-0.1, -0.05) is 42.1 Å². The Hall–Kier alpha value is -3.20. The summed E-state index contributed by atoms with van der Waals surface area (Å²) in [4.78, 5) is 1.96. The first-order valence-corrected chi connectivity index (χ1v) is 7.13. The second-order valence-electron chi connectivity index (χ2n) is 4.12. The maximum absolute atomic E-state index is 9.12. The van der Waals surface area contributed by atoms with Crippen LogP contribution >= 0.6 is 11.8 Å². The van der Waals surface area contributed by atoms with Gasteiger partial charge in [0.2, 0.25) is 0 Å². The van der Waals surface area contributed by atoms with E-state index in [2.05, 4.69) is 5.32 Å². The number of nitrogens with one attached hydrogen (secondary N) is 1. The maximum Gasteiger partial charge on any atom is 0.163 e. The number of rotatable bonds is 4. The Balaban J connectivity index is 2.34. The van der Waals surface area contributed by atoms with Crippen LogP contribution < -0.4 is 5.32 Å². The van der Waals surface area contributed by atoms with Crippen LogP contribution in [-0.2, 0) is 0 Å².